The maximum absolute atomic E-state index is 10.6. The second-order valence-corrected chi connectivity index (χ2v) is 2.90. The Labute approximate surface area is 81.3 Å². The van der Waals surface area contributed by atoms with Crippen LogP contribution in [0.4, 0.5) is 5.69 Å². The highest BCUT2D eigenvalue weighted by Crippen LogP contribution is 2.20. The van der Waals surface area contributed by atoms with Gasteiger partial charge in [0.05, 0.1) is 4.92 Å². The van der Waals surface area contributed by atoms with Crippen LogP contribution in [0.25, 0.3) is 0 Å². The van der Waals surface area contributed by atoms with E-state index < -0.39 is 4.92 Å². The molecule has 0 aliphatic heterocycles. The van der Waals surface area contributed by atoms with Crippen molar-refractivity contribution in [3.63, 3.8) is 0 Å². The molecule has 76 valence electrons. The van der Waals surface area contributed by atoms with Gasteiger partial charge in [0.2, 0.25) is 0 Å². The first-order chi connectivity index (χ1) is 6.69. The second kappa shape index (κ2) is 4.69. The van der Waals surface area contributed by atoms with E-state index in [1.54, 1.807) is 12.1 Å². The summed E-state index contributed by atoms with van der Waals surface area (Å²) in [4.78, 5) is 10.2. The predicted molar refractivity (Wildman–Crippen MR) is 51.8 cm³/mol. The van der Waals surface area contributed by atoms with Crippen molar-refractivity contribution in [3.8, 4) is 0 Å². The van der Waals surface area contributed by atoms with Crippen molar-refractivity contribution in [1.82, 2.24) is 0 Å². The first-order valence-electron chi connectivity index (χ1n) is 4.26. The van der Waals surface area contributed by atoms with E-state index in [0.717, 1.165) is 5.56 Å². The first kappa shape index (κ1) is 10.6. The minimum absolute atomic E-state index is 0.0296. The summed E-state index contributed by atoms with van der Waals surface area (Å²) < 4.78 is 0. The quantitative estimate of drug-likeness (QED) is 0.544. The van der Waals surface area contributed by atoms with Gasteiger partial charge in [-0.05, 0) is 5.56 Å². The number of rotatable bonds is 4. The third-order valence-corrected chi connectivity index (χ3v) is 1.96. The molecule has 0 spiro atoms. The summed E-state index contributed by atoms with van der Waals surface area (Å²) in [6.07, 6.45) is 0.293. The van der Waals surface area contributed by atoms with Crippen LogP contribution in [-0.2, 0) is 13.0 Å². The van der Waals surface area contributed by atoms with Crippen LogP contribution in [0.3, 0.4) is 0 Å². The van der Waals surface area contributed by atoms with Crippen LogP contribution in [0.1, 0.15) is 11.1 Å². The average molecular weight is 196 g/mol. The van der Waals surface area contributed by atoms with Gasteiger partial charge in [0.1, 0.15) is 0 Å². The lowest BCUT2D eigenvalue weighted by atomic mass is 10.1. The number of nitrogens with zero attached hydrogens (tertiary/aromatic N) is 1. The fourth-order valence-electron chi connectivity index (χ4n) is 1.24. The summed E-state index contributed by atoms with van der Waals surface area (Å²) in [5.41, 5.74) is 6.66. The Kier molecular flexibility index (Phi) is 3.55. The van der Waals surface area contributed by atoms with Crippen LogP contribution < -0.4 is 5.73 Å². The lowest BCUT2D eigenvalue weighted by Gasteiger charge is -2.02. The molecule has 5 nitrogen and oxygen atoms in total. The summed E-state index contributed by atoms with van der Waals surface area (Å²) in [6.45, 7) is 0.184. The molecule has 0 heterocycles. The number of nitro groups is 1. The van der Waals surface area contributed by atoms with Crippen molar-refractivity contribution in [2.75, 3.05) is 6.61 Å². The molecule has 0 aliphatic rings. The molecule has 0 atom stereocenters. The van der Waals surface area contributed by atoms with Gasteiger partial charge in [-0.2, -0.15) is 0 Å². The first-order valence-corrected chi connectivity index (χ1v) is 4.26. The zero-order valence-electron chi connectivity index (χ0n) is 7.64. The van der Waals surface area contributed by atoms with Gasteiger partial charge < -0.3 is 10.8 Å². The fourth-order valence-corrected chi connectivity index (χ4v) is 1.24. The van der Waals surface area contributed by atoms with Gasteiger partial charge in [-0.3, -0.25) is 10.1 Å². The highest BCUT2D eigenvalue weighted by Gasteiger charge is 2.13. The molecule has 0 amide bonds. The monoisotopic (exact) mass is 196 g/mol. The smallest absolute Gasteiger partial charge is 0.272 e. The molecule has 0 saturated heterocycles. The normalized spacial score (nSPS) is 10.1. The Morgan fingerprint density at radius 3 is 2.71 bits per heavy atom. The van der Waals surface area contributed by atoms with Gasteiger partial charge in [0.15, 0.2) is 0 Å². The molecular formula is C9H12N2O3. The zero-order chi connectivity index (χ0) is 10.6. The minimum atomic E-state index is -0.454. The predicted octanol–water partition coefficient (Wildman–Crippen LogP) is 0.588. The maximum atomic E-state index is 10.6. The second-order valence-electron chi connectivity index (χ2n) is 2.90. The number of aliphatic hydroxyl groups excluding tert-OH is 1. The lowest BCUT2D eigenvalue weighted by molar-refractivity contribution is -0.385. The molecule has 1 rings (SSSR count). The molecule has 0 fully saturated rings. The van der Waals surface area contributed by atoms with Gasteiger partial charge >= 0.3 is 0 Å². The number of hydrogen-bond acceptors (Lipinski definition) is 4. The molecule has 0 aromatic heterocycles. The molecule has 0 bridgehead atoms. The van der Waals surface area contributed by atoms with E-state index in [-0.39, 0.29) is 18.8 Å². The topological polar surface area (TPSA) is 89.4 Å². The summed E-state index contributed by atoms with van der Waals surface area (Å²) in [5, 5.41) is 19.4. The number of benzene rings is 1. The van der Waals surface area contributed by atoms with Crippen LogP contribution in [0, 0.1) is 10.1 Å². The highest BCUT2D eigenvalue weighted by atomic mass is 16.6. The maximum Gasteiger partial charge on any atom is 0.272 e. The number of aliphatic hydroxyl groups is 1. The summed E-state index contributed by atoms with van der Waals surface area (Å²) in [7, 11) is 0. The lowest BCUT2D eigenvalue weighted by Crippen LogP contribution is -2.02. The summed E-state index contributed by atoms with van der Waals surface area (Å²) in [6, 6.07) is 4.82. The number of hydrogen-bond donors (Lipinski definition) is 2. The Hall–Kier alpha value is -1.46. The molecule has 3 N–H and O–H groups in total. The average Bonchev–Trinajstić information content (AvgIpc) is 2.18. The van der Waals surface area contributed by atoms with E-state index in [1.807, 2.05) is 0 Å². The van der Waals surface area contributed by atoms with Crippen LogP contribution in [0.2, 0.25) is 0 Å². The van der Waals surface area contributed by atoms with Crippen molar-refractivity contribution in [2.24, 2.45) is 5.73 Å². The molecule has 1 aromatic rings. The molecule has 0 aliphatic carbocycles. The van der Waals surface area contributed by atoms with E-state index in [0.29, 0.717) is 12.0 Å². The van der Waals surface area contributed by atoms with E-state index >= 15 is 0 Å². The van der Waals surface area contributed by atoms with Gasteiger partial charge in [-0.15, -0.1) is 0 Å². The SMILES string of the molecule is NCc1ccc(CCO)c([N+](=O)[O-])c1. The fraction of sp³-hybridized carbons (Fsp3) is 0.333. The van der Waals surface area contributed by atoms with Crippen LogP contribution in [-0.4, -0.2) is 16.6 Å². The highest BCUT2D eigenvalue weighted by molar-refractivity contribution is 5.43. The Balaban J connectivity index is 3.10. The molecule has 5 heteroatoms. The Bertz CT molecular complexity index is 339. The van der Waals surface area contributed by atoms with E-state index in [2.05, 4.69) is 0 Å². The molecule has 14 heavy (non-hydrogen) atoms. The van der Waals surface area contributed by atoms with Crippen LogP contribution >= 0.6 is 0 Å². The van der Waals surface area contributed by atoms with Crippen LogP contribution in [0.15, 0.2) is 18.2 Å². The van der Waals surface area contributed by atoms with Gasteiger partial charge in [0, 0.05) is 31.2 Å². The van der Waals surface area contributed by atoms with E-state index in [1.165, 1.54) is 6.07 Å². The van der Waals surface area contributed by atoms with Crippen molar-refractivity contribution in [3.05, 3.63) is 39.4 Å². The Morgan fingerprint density at radius 1 is 1.50 bits per heavy atom. The Morgan fingerprint density at radius 2 is 2.21 bits per heavy atom. The molecule has 0 saturated carbocycles. The number of nitrogens with two attached hydrogens (primary N) is 1. The number of nitro benzene ring substituents is 1. The van der Waals surface area contributed by atoms with Crippen molar-refractivity contribution in [2.45, 2.75) is 13.0 Å². The third kappa shape index (κ3) is 2.27. The van der Waals surface area contributed by atoms with Crippen molar-refractivity contribution in [1.29, 1.82) is 0 Å². The van der Waals surface area contributed by atoms with E-state index in [9.17, 15) is 10.1 Å². The third-order valence-electron chi connectivity index (χ3n) is 1.96. The van der Waals surface area contributed by atoms with Gasteiger partial charge in [-0.25, -0.2) is 0 Å². The van der Waals surface area contributed by atoms with Crippen molar-refractivity contribution >= 4 is 5.69 Å². The van der Waals surface area contributed by atoms with E-state index in [4.69, 9.17) is 10.8 Å². The molecule has 0 unspecified atom stereocenters. The molecular weight excluding hydrogens is 184 g/mol. The van der Waals surface area contributed by atoms with Crippen molar-refractivity contribution < 1.29 is 10.0 Å². The van der Waals surface area contributed by atoms with Gasteiger partial charge in [0.25, 0.3) is 5.69 Å². The van der Waals surface area contributed by atoms with Crippen LogP contribution in [0.5, 0.6) is 0 Å². The molecule has 0 radical (unpaired) electrons. The largest absolute Gasteiger partial charge is 0.396 e. The molecule has 1 aromatic carbocycles. The minimum Gasteiger partial charge on any atom is -0.396 e. The summed E-state index contributed by atoms with van der Waals surface area (Å²) >= 11 is 0. The van der Waals surface area contributed by atoms with Gasteiger partial charge in [-0.1, -0.05) is 12.1 Å². The standard InChI is InChI=1S/C9H12N2O3/c10-6-7-1-2-8(3-4-12)9(5-7)11(13)14/h1-2,5,12H,3-4,6,10H2. The summed E-state index contributed by atoms with van der Waals surface area (Å²) in [5.74, 6) is 0. The zero-order valence-corrected chi connectivity index (χ0v) is 7.64.